The summed E-state index contributed by atoms with van der Waals surface area (Å²) in [6.07, 6.45) is 3.71. The Morgan fingerprint density at radius 1 is 1.09 bits per heavy atom. The molecule has 0 bridgehead atoms. The zero-order valence-corrected chi connectivity index (χ0v) is 18.1. The Hall–Kier alpha value is -4.25. The maximum Gasteiger partial charge on any atom is 0.261 e. The first-order valence-electron chi connectivity index (χ1n) is 9.88. The fourth-order valence-electron chi connectivity index (χ4n) is 3.14. The molecule has 3 aromatic rings. The molecule has 1 heterocycles. The van der Waals surface area contributed by atoms with Crippen LogP contribution < -0.4 is 19.5 Å². The van der Waals surface area contributed by atoms with E-state index in [2.05, 4.69) is 15.5 Å². The number of rotatable bonds is 9. The van der Waals surface area contributed by atoms with Crippen molar-refractivity contribution >= 4 is 12.0 Å². The van der Waals surface area contributed by atoms with Crippen LogP contribution in [0.25, 0.3) is 17.3 Å². The third-order valence-electron chi connectivity index (χ3n) is 4.86. The summed E-state index contributed by atoms with van der Waals surface area (Å²) in [4.78, 5) is 12.5. The van der Waals surface area contributed by atoms with E-state index in [0.29, 0.717) is 35.7 Å². The van der Waals surface area contributed by atoms with Crippen LogP contribution in [0.4, 0.5) is 0 Å². The van der Waals surface area contributed by atoms with Gasteiger partial charge in [0.25, 0.3) is 5.91 Å². The number of ether oxygens (including phenoxy) is 3. The van der Waals surface area contributed by atoms with Gasteiger partial charge in [-0.2, -0.15) is 10.4 Å². The first-order chi connectivity index (χ1) is 15.6. The Labute approximate surface area is 186 Å². The highest BCUT2D eigenvalue weighted by Crippen LogP contribution is 2.33. The van der Waals surface area contributed by atoms with Crippen molar-refractivity contribution in [2.45, 2.75) is 6.42 Å². The van der Waals surface area contributed by atoms with E-state index in [1.54, 1.807) is 39.7 Å². The number of amides is 1. The molecule has 0 unspecified atom stereocenters. The molecular formula is C24H24N4O4. The van der Waals surface area contributed by atoms with Crippen molar-refractivity contribution in [2.75, 3.05) is 27.9 Å². The zero-order chi connectivity index (χ0) is 22.9. The van der Waals surface area contributed by atoms with Gasteiger partial charge in [0.05, 0.1) is 33.2 Å². The van der Waals surface area contributed by atoms with Crippen molar-refractivity contribution in [3.05, 3.63) is 65.4 Å². The van der Waals surface area contributed by atoms with E-state index in [1.165, 1.54) is 6.08 Å². The molecule has 0 radical (unpaired) electrons. The largest absolute Gasteiger partial charge is 0.497 e. The number of nitrogens with zero attached hydrogens (tertiary/aromatic N) is 2. The Balaban J connectivity index is 1.72. The maximum atomic E-state index is 12.5. The van der Waals surface area contributed by atoms with E-state index in [0.717, 1.165) is 16.9 Å². The third-order valence-corrected chi connectivity index (χ3v) is 4.86. The molecule has 32 heavy (non-hydrogen) atoms. The molecule has 3 rings (SSSR count). The van der Waals surface area contributed by atoms with Gasteiger partial charge in [0.2, 0.25) is 0 Å². The van der Waals surface area contributed by atoms with Crippen molar-refractivity contribution < 1.29 is 19.0 Å². The lowest BCUT2D eigenvalue weighted by atomic mass is 10.1. The van der Waals surface area contributed by atoms with E-state index >= 15 is 0 Å². The van der Waals surface area contributed by atoms with Gasteiger partial charge in [-0.3, -0.25) is 9.89 Å². The van der Waals surface area contributed by atoms with Crippen LogP contribution in [-0.4, -0.2) is 44.0 Å². The number of H-pyrrole nitrogens is 1. The van der Waals surface area contributed by atoms with E-state index in [9.17, 15) is 10.1 Å². The van der Waals surface area contributed by atoms with E-state index in [-0.39, 0.29) is 5.57 Å². The summed E-state index contributed by atoms with van der Waals surface area (Å²) in [5, 5.41) is 19.3. The standard InChI is InChI=1S/C24H24N4O4/c1-30-20-7-4-16(5-8-20)10-11-26-24(29)18(14-25)12-19-15-27-28-23(19)17-6-9-21(31-2)22(13-17)32-3/h4-9,12-13,15H,10-11H2,1-3H3,(H,26,29)(H,27,28). The molecule has 0 atom stereocenters. The summed E-state index contributed by atoms with van der Waals surface area (Å²) < 4.78 is 15.8. The number of methoxy groups -OCH3 is 3. The number of aromatic nitrogens is 2. The SMILES string of the molecule is COc1ccc(CCNC(=O)C(C#N)=Cc2cn[nH]c2-c2ccc(OC)c(OC)c2)cc1. The Kier molecular flexibility index (Phi) is 7.49. The van der Waals surface area contributed by atoms with Crippen LogP contribution in [0.5, 0.6) is 17.2 Å². The van der Waals surface area contributed by atoms with Crippen LogP contribution in [0, 0.1) is 11.3 Å². The number of hydrogen-bond donors (Lipinski definition) is 2. The summed E-state index contributed by atoms with van der Waals surface area (Å²) in [7, 11) is 4.73. The van der Waals surface area contributed by atoms with Crippen LogP contribution in [0.3, 0.4) is 0 Å². The van der Waals surface area contributed by atoms with Crippen molar-refractivity contribution in [3.8, 4) is 34.6 Å². The van der Waals surface area contributed by atoms with Gasteiger partial charge >= 0.3 is 0 Å². The molecule has 8 nitrogen and oxygen atoms in total. The molecule has 0 aliphatic heterocycles. The number of nitriles is 1. The van der Waals surface area contributed by atoms with Gasteiger partial charge in [-0.25, -0.2) is 0 Å². The maximum absolute atomic E-state index is 12.5. The quantitative estimate of drug-likeness (QED) is 0.396. The van der Waals surface area contributed by atoms with Gasteiger partial charge in [-0.05, 0) is 48.4 Å². The Bertz CT molecular complexity index is 1140. The summed E-state index contributed by atoms with van der Waals surface area (Å²) in [5.41, 5.74) is 3.09. The second-order valence-electron chi connectivity index (χ2n) is 6.79. The lowest BCUT2D eigenvalue weighted by molar-refractivity contribution is -0.117. The molecule has 2 N–H and O–H groups in total. The second kappa shape index (κ2) is 10.7. The molecule has 0 spiro atoms. The molecule has 1 amide bonds. The van der Waals surface area contributed by atoms with Gasteiger partial charge in [-0.1, -0.05) is 12.1 Å². The van der Waals surface area contributed by atoms with Crippen molar-refractivity contribution in [1.29, 1.82) is 5.26 Å². The average Bonchev–Trinajstić information content (AvgIpc) is 3.30. The fourth-order valence-corrected chi connectivity index (χ4v) is 3.14. The molecule has 0 fully saturated rings. The Morgan fingerprint density at radius 2 is 1.84 bits per heavy atom. The Morgan fingerprint density at radius 3 is 2.50 bits per heavy atom. The van der Waals surface area contributed by atoms with Crippen LogP contribution in [-0.2, 0) is 11.2 Å². The highest BCUT2D eigenvalue weighted by atomic mass is 16.5. The summed E-state index contributed by atoms with van der Waals surface area (Å²) in [6.45, 7) is 0.401. The zero-order valence-electron chi connectivity index (χ0n) is 18.1. The molecule has 1 aromatic heterocycles. The topological polar surface area (TPSA) is 109 Å². The summed E-state index contributed by atoms with van der Waals surface area (Å²) in [6, 6.07) is 15.0. The number of benzene rings is 2. The third kappa shape index (κ3) is 5.26. The highest BCUT2D eigenvalue weighted by Gasteiger charge is 2.14. The molecular weight excluding hydrogens is 408 g/mol. The van der Waals surface area contributed by atoms with Crippen LogP contribution in [0.2, 0.25) is 0 Å². The van der Waals surface area contributed by atoms with Gasteiger partial charge < -0.3 is 19.5 Å². The molecule has 0 aliphatic carbocycles. The van der Waals surface area contributed by atoms with E-state index < -0.39 is 5.91 Å². The van der Waals surface area contributed by atoms with Crippen LogP contribution in [0.1, 0.15) is 11.1 Å². The van der Waals surface area contributed by atoms with Crippen molar-refractivity contribution in [1.82, 2.24) is 15.5 Å². The lowest BCUT2D eigenvalue weighted by Gasteiger charge is -2.09. The minimum absolute atomic E-state index is 0.0112. The average molecular weight is 432 g/mol. The van der Waals surface area contributed by atoms with E-state index in [4.69, 9.17) is 14.2 Å². The molecule has 8 heteroatoms. The summed E-state index contributed by atoms with van der Waals surface area (Å²) >= 11 is 0. The normalized spacial score (nSPS) is 10.9. The minimum Gasteiger partial charge on any atom is -0.497 e. The second-order valence-corrected chi connectivity index (χ2v) is 6.79. The molecule has 0 saturated heterocycles. The van der Waals surface area contributed by atoms with Gasteiger partial charge in [0.15, 0.2) is 11.5 Å². The minimum atomic E-state index is -0.444. The first-order valence-corrected chi connectivity index (χ1v) is 9.88. The number of hydrogen-bond acceptors (Lipinski definition) is 6. The fraction of sp³-hybridized carbons (Fsp3) is 0.208. The van der Waals surface area contributed by atoms with Crippen LogP contribution >= 0.6 is 0 Å². The molecule has 0 aliphatic rings. The van der Waals surface area contributed by atoms with E-state index in [1.807, 2.05) is 36.4 Å². The number of nitrogens with one attached hydrogen (secondary N) is 2. The number of carbonyl (C=O) groups excluding carboxylic acids is 1. The molecule has 2 aromatic carbocycles. The predicted molar refractivity (Wildman–Crippen MR) is 120 cm³/mol. The summed E-state index contributed by atoms with van der Waals surface area (Å²) in [5.74, 6) is 1.49. The predicted octanol–water partition coefficient (Wildman–Crippen LogP) is 3.37. The van der Waals surface area contributed by atoms with Crippen molar-refractivity contribution in [2.24, 2.45) is 0 Å². The van der Waals surface area contributed by atoms with Gasteiger partial charge in [0.1, 0.15) is 17.4 Å². The monoisotopic (exact) mass is 432 g/mol. The number of aromatic amines is 1. The highest BCUT2D eigenvalue weighted by molar-refractivity contribution is 6.02. The lowest BCUT2D eigenvalue weighted by Crippen LogP contribution is -2.26. The molecule has 0 saturated carbocycles. The van der Waals surface area contributed by atoms with Crippen molar-refractivity contribution in [3.63, 3.8) is 0 Å². The molecule has 164 valence electrons. The smallest absolute Gasteiger partial charge is 0.261 e. The first kappa shape index (κ1) is 22.4. The van der Waals surface area contributed by atoms with Gasteiger partial charge in [0, 0.05) is 17.7 Å². The number of carbonyl (C=O) groups is 1. The van der Waals surface area contributed by atoms with Gasteiger partial charge in [-0.15, -0.1) is 0 Å². The van der Waals surface area contributed by atoms with Crippen LogP contribution in [0.15, 0.2) is 54.2 Å².